The fourth-order valence-corrected chi connectivity index (χ4v) is 3.30. The standard InChI is InChI=1S/C18H28FNO/c1-5-8-20-13(4)17(12(2)3)11-16-10-14-9-15(19)6-7-18(14)21-16/h6-7,9,12-13,16-17,20H,5,8,10-11H2,1-4H3. The van der Waals surface area contributed by atoms with Gasteiger partial charge in [0.1, 0.15) is 17.7 Å². The number of rotatable bonds is 7. The lowest BCUT2D eigenvalue weighted by atomic mass is 9.83. The van der Waals surface area contributed by atoms with E-state index < -0.39 is 0 Å². The topological polar surface area (TPSA) is 21.3 Å². The summed E-state index contributed by atoms with van der Waals surface area (Å²) in [7, 11) is 0. The van der Waals surface area contributed by atoms with Crippen molar-refractivity contribution in [1.29, 1.82) is 0 Å². The van der Waals surface area contributed by atoms with E-state index in [1.807, 2.05) is 0 Å². The van der Waals surface area contributed by atoms with Gasteiger partial charge in [0.05, 0.1) is 0 Å². The predicted molar refractivity (Wildman–Crippen MR) is 85.2 cm³/mol. The SMILES string of the molecule is CCCNC(C)C(CC1Cc2cc(F)ccc2O1)C(C)C. The number of hydrogen-bond acceptors (Lipinski definition) is 2. The van der Waals surface area contributed by atoms with Crippen molar-refractivity contribution in [1.82, 2.24) is 5.32 Å². The van der Waals surface area contributed by atoms with Crippen LogP contribution in [0.1, 0.15) is 46.1 Å². The summed E-state index contributed by atoms with van der Waals surface area (Å²) in [5, 5.41) is 3.60. The Labute approximate surface area is 128 Å². The monoisotopic (exact) mass is 293 g/mol. The molecule has 2 nitrogen and oxygen atoms in total. The van der Waals surface area contributed by atoms with Gasteiger partial charge in [-0.1, -0.05) is 20.8 Å². The Balaban J connectivity index is 1.96. The third kappa shape index (κ3) is 4.19. The average molecular weight is 293 g/mol. The summed E-state index contributed by atoms with van der Waals surface area (Å²) in [4.78, 5) is 0. The molecule has 1 aromatic rings. The van der Waals surface area contributed by atoms with Crippen LogP contribution in [0.3, 0.4) is 0 Å². The summed E-state index contributed by atoms with van der Waals surface area (Å²) >= 11 is 0. The molecule has 0 saturated carbocycles. The van der Waals surface area contributed by atoms with Gasteiger partial charge in [-0.25, -0.2) is 4.39 Å². The normalized spacial score (nSPS) is 20.2. The Morgan fingerprint density at radius 1 is 1.33 bits per heavy atom. The van der Waals surface area contributed by atoms with E-state index in [1.165, 1.54) is 6.07 Å². The maximum absolute atomic E-state index is 13.3. The maximum Gasteiger partial charge on any atom is 0.123 e. The molecule has 3 atom stereocenters. The van der Waals surface area contributed by atoms with E-state index in [4.69, 9.17) is 4.74 Å². The van der Waals surface area contributed by atoms with Gasteiger partial charge in [0, 0.05) is 18.0 Å². The van der Waals surface area contributed by atoms with Gasteiger partial charge in [0.15, 0.2) is 0 Å². The van der Waals surface area contributed by atoms with E-state index in [9.17, 15) is 4.39 Å². The van der Waals surface area contributed by atoms with Crippen LogP contribution >= 0.6 is 0 Å². The molecule has 118 valence electrons. The fraction of sp³-hybridized carbons (Fsp3) is 0.667. The first-order chi connectivity index (χ1) is 10.0. The van der Waals surface area contributed by atoms with Gasteiger partial charge in [0.2, 0.25) is 0 Å². The highest BCUT2D eigenvalue weighted by Crippen LogP contribution is 2.33. The first-order valence-electron chi connectivity index (χ1n) is 8.19. The maximum atomic E-state index is 13.3. The lowest BCUT2D eigenvalue weighted by molar-refractivity contribution is 0.154. The van der Waals surface area contributed by atoms with Crippen LogP contribution in [0.2, 0.25) is 0 Å². The van der Waals surface area contributed by atoms with Gasteiger partial charge < -0.3 is 10.1 Å². The van der Waals surface area contributed by atoms with Crippen LogP contribution in [-0.4, -0.2) is 18.7 Å². The Morgan fingerprint density at radius 2 is 2.10 bits per heavy atom. The van der Waals surface area contributed by atoms with Crippen LogP contribution in [0, 0.1) is 17.7 Å². The molecule has 1 N–H and O–H groups in total. The smallest absolute Gasteiger partial charge is 0.123 e. The van der Waals surface area contributed by atoms with Crippen molar-refractivity contribution in [3.05, 3.63) is 29.6 Å². The Hall–Kier alpha value is -1.09. The predicted octanol–water partition coefficient (Wildman–Crippen LogP) is 4.18. The molecule has 0 amide bonds. The zero-order chi connectivity index (χ0) is 15.4. The number of fused-ring (bicyclic) bond motifs is 1. The first-order valence-corrected chi connectivity index (χ1v) is 8.19. The molecule has 0 radical (unpaired) electrons. The molecule has 3 heteroatoms. The molecule has 0 bridgehead atoms. The summed E-state index contributed by atoms with van der Waals surface area (Å²) in [6, 6.07) is 5.33. The summed E-state index contributed by atoms with van der Waals surface area (Å²) in [5.74, 6) is 1.86. The van der Waals surface area contributed by atoms with Crippen LogP contribution in [0.25, 0.3) is 0 Å². The Morgan fingerprint density at radius 3 is 2.76 bits per heavy atom. The van der Waals surface area contributed by atoms with E-state index in [0.29, 0.717) is 17.9 Å². The molecular weight excluding hydrogens is 265 g/mol. The highest BCUT2D eigenvalue weighted by Gasteiger charge is 2.29. The van der Waals surface area contributed by atoms with Crippen LogP contribution in [0.5, 0.6) is 5.75 Å². The highest BCUT2D eigenvalue weighted by atomic mass is 19.1. The van der Waals surface area contributed by atoms with Crippen molar-refractivity contribution >= 4 is 0 Å². The van der Waals surface area contributed by atoms with Crippen molar-refractivity contribution in [3.63, 3.8) is 0 Å². The van der Waals surface area contributed by atoms with Crippen molar-refractivity contribution in [3.8, 4) is 5.75 Å². The minimum absolute atomic E-state index is 0.170. The van der Waals surface area contributed by atoms with E-state index in [-0.39, 0.29) is 11.9 Å². The van der Waals surface area contributed by atoms with Crippen molar-refractivity contribution < 1.29 is 9.13 Å². The molecule has 2 rings (SSSR count). The lowest BCUT2D eigenvalue weighted by Gasteiger charge is -2.30. The minimum Gasteiger partial charge on any atom is -0.490 e. The minimum atomic E-state index is -0.170. The third-order valence-electron chi connectivity index (χ3n) is 4.51. The number of halogens is 1. The number of hydrogen-bond donors (Lipinski definition) is 1. The van der Waals surface area contributed by atoms with Gasteiger partial charge in [-0.15, -0.1) is 0 Å². The fourth-order valence-electron chi connectivity index (χ4n) is 3.30. The third-order valence-corrected chi connectivity index (χ3v) is 4.51. The molecule has 0 spiro atoms. The molecule has 3 unspecified atom stereocenters. The average Bonchev–Trinajstić information content (AvgIpc) is 2.83. The molecular formula is C18H28FNO. The summed E-state index contributed by atoms with van der Waals surface area (Å²) < 4.78 is 19.3. The molecule has 1 aliphatic rings. The summed E-state index contributed by atoms with van der Waals surface area (Å²) in [6.07, 6.45) is 3.18. The zero-order valence-corrected chi connectivity index (χ0v) is 13.7. The first kappa shape index (κ1) is 16.3. The van der Waals surface area contributed by atoms with Gasteiger partial charge >= 0.3 is 0 Å². The molecule has 0 aromatic heterocycles. The molecule has 1 aliphatic heterocycles. The van der Waals surface area contributed by atoms with Crippen LogP contribution in [-0.2, 0) is 6.42 Å². The second kappa shape index (κ2) is 7.26. The van der Waals surface area contributed by atoms with E-state index in [2.05, 4.69) is 33.0 Å². The molecule has 1 heterocycles. The van der Waals surface area contributed by atoms with Crippen molar-refractivity contribution in [2.24, 2.45) is 11.8 Å². The molecule has 21 heavy (non-hydrogen) atoms. The lowest BCUT2D eigenvalue weighted by Crippen LogP contribution is -2.39. The summed E-state index contributed by atoms with van der Waals surface area (Å²) in [5.41, 5.74) is 1.01. The zero-order valence-electron chi connectivity index (χ0n) is 13.7. The number of benzene rings is 1. The van der Waals surface area contributed by atoms with Gasteiger partial charge in [-0.05, 0) is 56.3 Å². The molecule has 0 aliphatic carbocycles. The molecule has 0 fully saturated rings. The van der Waals surface area contributed by atoms with Crippen molar-refractivity contribution in [2.75, 3.05) is 6.54 Å². The van der Waals surface area contributed by atoms with Gasteiger partial charge in [0.25, 0.3) is 0 Å². The molecule has 0 saturated heterocycles. The second-order valence-electron chi connectivity index (χ2n) is 6.58. The summed E-state index contributed by atoms with van der Waals surface area (Å²) in [6.45, 7) is 10.1. The number of ether oxygens (including phenoxy) is 1. The Bertz CT molecular complexity index is 461. The second-order valence-corrected chi connectivity index (χ2v) is 6.58. The van der Waals surface area contributed by atoms with E-state index in [1.54, 1.807) is 12.1 Å². The Kier molecular flexibility index (Phi) is 5.63. The highest BCUT2D eigenvalue weighted by molar-refractivity contribution is 5.37. The van der Waals surface area contributed by atoms with Crippen LogP contribution in [0.15, 0.2) is 18.2 Å². The number of nitrogens with one attached hydrogen (secondary N) is 1. The van der Waals surface area contributed by atoms with E-state index >= 15 is 0 Å². The largest absolute Gasteiger partial charge is 0.490 e. The van der Waals surface area contributed by atoms with Crippen molar-refractivity contribution in [2.45, 2.75) is 59.1 Å². The van der Waals surface area contributed by atoms with Crippen LogP contribution < -0.4 is 10.1 Å². The molecule has 1 aromatic carbocycles. The van der Waals surface area contributed by atoms with Crippen LogP contribution in [0.4, 0.5) is 4.39 Å². The quantitative estimate of drug-likeness (QED) is 0.814. The van der Waals surface area contributed by atoms with Gasteiger partial charge in [-0.2, -0.15) is 0 Å². The van der Waals surface area contributed by atoms with Gasteiger partial charge in [-0.3, -0.25) is 0 Å². The van der Waals surface area contributed by atoms with E-state index in [0.717, 1.165) is 37.1 Å².